The summed E-state index contributed by atoms with van der Waals surface area (Å²) in [7, 11) is 0. The summed E-state index contributed by atoms with van der Waals surface area (Å²) in [5.41, 5.74) is 3.36. The SMILES string of the molecule is CCNC(=O)C(COC(=O)Cc1ccc(NC(=O)c2ccccc2-c2ccc(C(F)(F)F)cc2)c(CC(C)C)c1)c1ccccc1. The number of alkyl halides is 3. The average Bonchev–Trinajstić information content (AvgIpc) is 3.02. The number of halogens is 3. The smallest absolute Gasteiger partial charge is 0.416 e. The van der Waals surface area contributed by atoms with Crippen LogP contribution in [0.5, 0.6) is 0 Å². The van der Waals surface area contributed by atoms with E-state index < -0.39 is 29.5 Å². The van der Waals surface area contributed by atoms with Gasteiger partial charge in [0.2, 0.25) is 5.91 Å². The van der Waals surface area contributed by atoms with Crippen molar-refractivity contribution in [3.8, 4) is 11.1 Å². The van der Waals surface area contributed by atoms with Crippen LogP contribution in [0.1, 0.15) is 59.3 Å². The second kappa shape index (κ2) is 15.4. The van der Waals surface area contributed by atoms with Gasteiger partial charge in [-0.05, 0) is 71.3 Å². The molecule has 0 saturated heterocycles. The summed E-state index contributed by atoms with van der Waals surface area (Å²) < 4.78 is 44.8. The van der Waals surface area contributed by atoms with Crippen LogP contribution in [0.3, 0.4) is 0 Å². The molecule has 0 aliphatic carbocycles. The number of carbonyl (C=O) groups excluding carboxylic acids is 3. The van der Waals surface area contributed by atoms with E-state index in [1.165, 1.54) is 12.1 Å². The molecule has 0 fully saturated rings. The van der Waals surface area contributed by atoms with Crippen molar-refractivity contribution in [3.63, 3.8) is 0 Å². The van der Waals surface area contributed by atoms with Crippen LogP contribution < -0.4 is 10.6 Å². The van der Waals surface area contributed by atoms with Crippen LogP contribution >= 0.6 is 0 Å². The highest BCUT2D eigenvalue weighted by Gasteiger charge is 2.30. The summed E-state index contributed by atoms with van der Waals surface area (Å²) >= 11 is 0. The number of rotatable bonds is 12. The minimum absolute atomic E-state index is 0.0209. The molecule has 2 N–H and O–H groups in total. The molecule has 1 unspecified atom stereocenters. The maximum Gasteiger partial charge on any atom is 0.416 e. The molecule has 0 radical (unpaired) electrons. The number of benzene rings is 4. The van der Waals surface area contributed by atoms with Crippen LogP contribution in [0.25, 0.3) is 11.1 Å². The average molecular weight is 631 g/mol. The lowest BCUT2D eigenvalue weighted by molar-refractivity contribution is -0.144. The minimum atomic E-state index is -4.46. The van der Waals surface area contributed by atoms with E-state index in [0.717, 1.165) is 23.3 Å². The molecule has 46 heavy (non-hydrogen) atoms. The van der Waals surface area contributed by atoms with E-state index in [-0.39, 0.29) is 24.9 Å². The van der Waals surface area contributed by atoms with Gasteiger partial charge in [0, 0.05) is 17.8 Å². The lowest BCUT2D eigenvalue weighted by atomic mass is 9.96. The molecule has 0 bridgehead atoms. The summed E-state index contributed by atoms with van der Waals surface area (Å²) in [4.78, 5) is 39.0. The van der Waals surface area contributed by atoms with Crippen LogP contribution in [0.4, 0.5) is 18.9 Å². The van der Waals surface area contributed by atoms with E-state index in [9.17, 15) is 27.6 Å². The van der Waals surface area contributed by atoms with E-state index in [1.807, 2.05) is 57.2 Å². The molecule has 0 heterocycles. The molecule has 1 atom stereocenters. The first-order chi connectivity index (χ1) is 22.0. The first-order valence-electron chi connectivity index (χ1n) is 15.1. The summed E-state index contributed by atoms with van der Waals surface area (Å²) in [6.45, 7) is 6.26. The van der Waals surface area contributed by atoms with Crippen molar-refractivity contribution in [1.82, 2.24) is 5.32 Å². The van der Waals surface area contributed by atoms with Gasteiger partial charge in [0.1, 0.15) is 6.61 Å². The number of anilines is 1. The number of hydrogen-bond acceptors (Lipinski definition) is 4. The zero-order chi connectivity index (χ0) is 33.3. The molecule has 0 aliphatic rings. The number of ether oxygens (including phenoxy) is 1. The van der Waals surface area contributed by atoms with Gasteiger partial charge >= 0.3 is 12.1 Å². The molecule has 2 amide bonds. The maximum absolute atomic E-state index is 13.5. The van der Waals surface area contributed by atoms with Crippen molar-refractivity contribution in [3.05, 3.63) is 125 Å². The van der Waals surface area contributed by atoms with E-state index in [4.69, 9.17) is 4.74 Å². The number of carbonyl (C=O) groups is 3. The first kappa shape index (κ1) is 34.0. The molecular formula is C37H37F3N2O4. The van der Waals surface area contributed by atoms with E-state index in [2.05, 4.69) is 10.6 Å². The Hall–Kier alpha value is -4.92. The summed E-state index contributed by atoms with van der Waals surface area (Å²) in [6, 6.07) is 25.9. The van der Waals surface area contributed by atoms with Crippen LogP contribution in [-0.4, -0.2) is 30.9 Å². The molecular weight excluding hydrogens is 593 g/mol. The number of likely N-dealkylation sites (N-methyl/N-ethyl adjacent to an activating group) is 1. The highest BCUT2D eigenvalue weighted by Crippen LogP contribution is 2.32. The van der Waals surface area contributed by atoms with Crippen LogP contribution in [0.2, 0.25) is 0 Å². The third-order valence-corrected chi connectivity index (χ3v) is 7.37. The number of nitrogens with one attached hydrogen (secondary N) is 2. The van der Waals surface area contributed by atoms with Gasteiger partial charge in [-0.25, -0.2) is 0 Å². The Labute approximate surface area is 267 Å². The molecule has 0 spiro atoms. The van der Waals surface area contributed by atoms with Gasteiger partial charge in [0.05, 0.1) is 17.9 Å². The minimum Gasteiger partial charge on any atom is -0.464 e. The lowest BCUT2D eigenvalue weighted by Crippen LogP contribution is -2.32. The van der Waals surface area contributed by atoms with Crippen molar-refractivity contribution in [2.75, 3.05) is 18.5 Å². The second-order valence-electron chi connectivity index (χ2n) is 11.4. The monoisotopic (exact) mass is 630 g/mol. The predicted molar refractivity (Wildman–Crippen MR) is 172 cm³/mol. The molecule has 0 aromatic heterocycles. The standard InChI is InChI=1S/C37H37F3N2O4/c1-4-41-35(44)32(26-10-6-5-7-11-26)23-46-34(43)22-25-14-19-33(28(21-25)20-24(2)3)42-36(45)31-13-9-8-12-30(31)27-15-17-29(18-16-27)37(38,39)40/h5-19,21,24,32H,4,20,22-23H2,1-3H3,(H,41,44)(H,42,45). The Balaban J connectivity index is 1.49. The van der Waals surface area contributed by atoms with Crippen molar-refractivity contribution in [2.45, 2.75) is 45.7 Å². The van der Waals surface area contributed by atoms with Gasteiger partial charge in [-0.2, -0.15) is 13.2 Å². The molecule has 4 aromatic rings. The number of amides is 2. The fourth-order valence-electron chi connectivity index (χ4n) is 5.15. The Morgan fingerprint density at radius 2 is 1.52 bits per heavy atom. The zero-order valence-corrected chi connectivity index (χ0v) is 26.0. The summed E-state index contributed by atoms with van der Waals surface area (Å²) in [5, 5.41) is 5.75. The third-order valence-electron chi connectivity index (χ3n) is 7.37. The molecule has 4 aromatic carbocycles. The topological polar surface area (TPSA) is 84.5 Å². The van der Waals surface area contributed by atoms with Gasteiger partial charge in [-0.15, -0.1) is 0 Å². The van der Waals surface area contributed by atoms with Crippen molar-refractivity contribution in [2.24, 2.45) is 5.92 Å². The van der Waals surface area contributed by atoms with Crippen LogP contribution in [0.15, 0.2) is 97.1 Å². The van der Waals surface area contributed by atoms with E-state index in [1.54, 1.807) is 36.4 Å². The highest BCUT2D eigenvalue weighted by molar-refractivity contribution is 6.09. The Kier molecular flexibility index (Phi) is 11.4. The number of hydrogen-bond donors (Lipinski definition) is 2. The molecule has 4 rings (SSSR count). The summed E-state index contributed by atoms with van der Waals surface area (Å²) in [5.74, 6) is -1.51. The van der Waals surface area contributed by atoms with Gasteiger partial charge in [0.15, 0.2) is 0 Å². The molecule has 240 valence electrons. The molecule has 0 saturated carbocycles. The van der Waals surface area contributed by atoms with Gasteiger partial charge < -0.3 is 15.4 Å². The number of esters is 1. The second-order valence-corrected chi connectivity index (χ2v) is 11.4. The fraction of sp³-hybridized carbons (Fsp3) is 0.270. The predicted octanol–water partition coefficient (Wildman–Crippen LogP) is 7.83. The highest BCUT2D eigenvalue weighted by atomic mass is 19.4. The summed E-state index contributed by atoms with van der Waals surface area (Å²) in [6.07, 6.45) is -3.86. The van der Waals surface area contributed by atoms with Gasteiger partial charge in [-0.1, -0.05) is 86.6 Å². The first-order valence-corrected chi connectivity index (χ1v) is 15.1. The van der Waals surface area contributed by atoms with Gasteiger partial charge in [0.25, 0.3) is 5.91 Å². The maximum atomic E-state index is 13.5. The zero-order valence-electron chi connectivity index (χ0n) is 26.0. The van der Waals surface area contributed by atoms with Crippen molar-refractivity contribution in [1.29, 1.82) is 0 Å². The van der Waals surface area contributed by atoms with Crippen molar-refractivity contribution < 1.29 is 32.3 Å². The van der Waals surface area contributed by atoms with Crippen LogP contribution in [0, 0.1) is 5.92 Å². The molecule has 6 nitrogen and oxygen atoms in total. The largest absolute Gasteiger partial charge is 0.464 e. The van der Waals surface area contributed by atoms with E-state index >= 15 is 0 Å². The molecule has 0 aliphatic heterocycles. The quantitative estimate of drug-likeness (QED) is 0.156. The van der Waals surface area contributed by atoms with Crippen molar-refractivity contribution >= 4 is 23.5 Å². The van der Waals surface area contributed by atoms with Gasteiger partial charge in [-0.3, -0.25) is 14.4 Å². The lowest BCUT2D eigenvalue weighted by Gasteiger charge is -2.18. The molecule has 9 heteroatoms. The Bertz CT molecular complexity index is 1650. The fourth-order valence-corrected chi connectivity index (χ4v) is 5.15. The Morgan fingerprint density at radius 1 is 0.848 bits per heavy atom. The van der Waals surface area contributed by atoms with E-state index in [0.29, 0.717) is 40.9 Å². The normalized spacial score (nSPS) is 12.0. The van der Waals surface area contributed by atoms with Crippen LogP contribution in [-0.2, 0) is 33.3 Å². The third kappa shape index (κ3) is 9.06. The Morgan fingerprint density at radius 3 is 2.17 bits per heavy atom.